The molecule has 8 heteroatoms. The Morgan fingerprint density at radius 2 is 1.50 bits per heavy atom. The van der Waals surface area contributed by atoms with E-state index in [9.17, 15) is 23.7 Å². The van der Waals surface area contributed by atoms with Crippen LogP contribution in [0.25, 0.3) is 0 Å². The van der Waals surface area contributed by atoms with Crippen molar-refractivity contribution in [1.29, 1.82) is 0 Å². The second-order valence-corrected chi connectivity index (χ2v) is 12.1. The van der Waals surface area contributed by atoms with Gasteiger partial charge in [-0.1, -0.05) is 97.3 Å². The first-order chi connectivity index (χ1) is 17.3. The van der Waals surface area contributed by atoms with Crippen LogP contribution in [0.2, 0.25) is 0 Å². The number of amides is 1. The summed E-state index contributed by atoms with van der Waals surface area (Å²) < 4.78 is 18.0. The first-order valence-electron chi connectivity index (χ1n) is 14.4. The van der Waals surface area contributed by atoms with Crippen molar-refractivity contribution in [2.75, 3.05) is 11.5 Å². The van der Waals surface area contributed by atoms with Gasteiger partial charge in [-0.3, -0.25) is 18.6 Å². The second kappa shape index (κ2) is 19.6. The van der Waals surface area contributed by atoms with Gasteiger partial charge >= 0.3 is 11.9 Å². The van der Waals surface area contributed by atoms with E-state index in [1.807, 2.05) is 0 Å². The number of unbranched alkanes of at least 4 members (excludes halogenated alkanes) is 11. The quantitative estimate of drug-likeness (QED) is 0.121. The first-order valence-corrected chi connectivity index (χ1v) is 15.8. The SMILES string of the molecule is CCCCCCCCCCCC(C[C@@H]1OC(=O)[C@H]1CCCCCC)[C@H](CS(=O)CCC(N)=O)C(=O)O. The van der Waals surface area contributed by atoms with Crippen molar-refractivity contribution in [2.45, 2.75) is 129 Å². The van der Waals surface area contributed by atoms with Crippen LogP contribution < -0.4 is 5.73 Å². The summed E-state index contributed by atoms with van der Waals surface area (Å²) in [5, 5.41) is 10.0. The summed E-state index contributed by atoms with van der Waals surface area (Å²) in [5.74, 6) is -2.72. The van der Waals surface area contributed by atoms with E-state index < -0.39 is 28.6 Å². The summed E-state index contributed by atoms with van der Waals surface area (Å²) in [6, 6.07) is 0. The molecular weight excluding hydrogens is 478 g/mol. The molecule has 3 N–H and O–H groups in total. The molecule has 0 aliphatic carbocycles. The summed E-state index contributed by atoms with van der Waals surface area (Å²) in [6.07, 6.45) is 16.8. The lowest BCUT2D eigenvalue weighted by Crippen LogP contribution is -2.47. The Labute approximate surface area is 221 Å². The number of rotatable bonds is 24. The van der Waals surface area contributed by atoms with Crippen LogP contribution in [0, 0.1) is 17.8 Å². The molecule has 210 valence electrons. The molecule has 0 radical (unpaired) electrons. The van der Waals surface area contributed by atoms with Crippen LogP contribution >= 0.6 is 0 Å². The minimum Gasteiger partial charge on any atom is -0.481 e. The number of aliphatic carboxylic acids is 1. The van der Waals surface area contributed by atoms with E-state index in [0.717, 1.165) is 57.8 Å². The van der Waals surface area contributed by atoms with Crippen LogP contribution in [0.1, 0.15) is 123 Å². The second-order valence-electron chi connectivity index (χ2n) is 10.5. The predicted octanol–water partition coefficient (Wildman–Crippen LogP) is 5.75. The van der Waals surface area contributed by atoms with Crippen molar-refractivity contribution in [2.24, 2.45) is 23.5 Å². The number of cyclic esters (lactones) is 1. The number of esters is 1. The van der Waals surface area contributed by atoms with Crippen LogP contribution in [0.4, 0.5) is 0 Å². The van der Waals surface area contributed by atoms with Gasteiger partial charge in [-0.25, -0.2) is 0 Å². The maximum atomic E-state index is 12.5. The Balaban J connectivity index is 2.68. The monoisotopic (exact) mass is 529 g/mol. The fourth-order valence-electron chi connectivity index (χ4n) is 5.11. The van der Waals surface area contributed by atoms with Crippen molar-refractivity contribution in [3.8, 4) is 0 Å². The molecule has 0 bridgehead atoms. The van der Waals surface area contributed by atoms with Gasteiger partial charge in [0.1, 0.15) is 6.10 Å². The maximum absolute atomic E-state index is 12.5. The third kappa shape index (κ3) is 13.8. The van der Waals surface area contributed by atoms with Gasteiger partial charge in [0.25, 0.3) is 0 Å². The van der Waals surface area contributed by atoms with E-state index in [1.165, 1.54) is 38.5 Å². The Kier molecular flexibility index (Phi) is 17.8. The van der Waals surface area contributed by atoms with E-state index in [0.29, 0.717) is 6.42 Å². The van der Waals surface area contributed by atoms with Gasteiger partial charge in [0, 0.05) is 28.7 Å². The molecule has 0 aromatic carbocycles. The third-order valence-electron chi connectivity index (χ3n) is 7.43. The molecule has 7 nitrogen and oxygen atoms in total. The Hall–Kier alpha value is -1.44. The number of ether oxygens (including phenoxy) is 1. The van der Waals surface area contributed by atoms with Gasteiger partial charge in [0.05, 0.1) is 11.8 Å². The molecule has 1 aliphatic rings. The molecule has 1 fully saturated rings. The number of carbonyl (C=O) groups excluding carboxylic acids is 2. The molecule has 2 unspecified atom stereocenters. The van der Waals surface area contributed by atoms with Crippen molar-refractivity contribution in [3.63, 3.8) is 0 Å². The molecule has 1 heterocycles. The van der Waals surface area contributed by atoms with Crippen LogP contribution in [-0.4, -0.2) is 44.8 Å². The normalized spacial score (nSPS) is 19.8. The van der Waals surface area contributed by atoms with Gasteiger partial charge in [0.15, 0.2) is 0 Å². The van der Waals surface area contributed by atoms with Gasteiger partial charge in [0.2, 0.25) is 5.91 Å². The van der Waals surface area contributed by atoms with E-state index in [1.54, 1.807) is 0 Å². The summed E-state index contributed by atoms with van der Waals surface area (Å²) in [7, 11) is -1.44. The summed E-state index contributed by atoms with van der Waals surface area (Å²) >= 11 is 0. The molecule has 1 rings (SSSR count). The van der Waals surface area contributed by atoms with Crippen LogP contribution in [0.5, 0.6) is 0 Å². The van der Waals surface area contributed by atoms with Crippen molar-refractivity contribution < 1.29 is 28.4 Å². The molecule has 0 aromatic heterocycles. The summed E-state index contributed by atoms with van der Waals surface area (Å²) in [6.45, 7) is 4.37. The first kappa shape index (κ1) is 32.6. The number of nitrogens with two attached hydrogens (primary N) is 1. The van der Waals surface area contributed by atoms with E-state index in [4.69, 9.17) is 10.5 Å². The van der Waals surface area contributed by atoms with Gasteiger partial charge in [-0.2, -0.15) is 0 Å². The number of hydrogen-bond donors (Lipinski definition) is 2. The third-order valence-corrected chi connectivity index (χ3v) is 8.82. The topological polar surface area (TPSA) is 124 Å². The van der Waals surface area contributed by atoms with Crippen LogP contribution in [0.3, 0.4) is 0 Å². The molecule has 0 aromatic rings. The Bertz CT molecular complexity index is 670. The standard InChI is InChI=1S/C28H51NO6S/c1-3-5-7-9-10-11-12-13-14-16-22(24(27(31)32)21-36(34)19-18-26(29)30)20-25-23(28(33)35-25)17-15-8-6-4-2/h22-25H,3-21H2,1-2H3,(H2,29,30)(H,31,32)/t22?,23-,24-,25-,36?/m0/s1. The lowest BCUT2D eigenvalue weighted by molar-refractivity contribution is -0.188. The van der Waals surface area contributed by atoms with Gasteiger partial charge < -0.3 is 15.6 Å². The van der Waals surface area contributed by atoms with E-state index >= 15 is 0 Å². The smallest absolute Gasteiger partial charge is 0.313 e. The zero-order chi connectivity index (χ0) is 26.8. The highest BCUT2D eigenvalue weighted by Crippen LogP contribution is 2.36. The summed E-state index contributed by atoms with van der Waals surface area (Å²) in [5.41, 5.74) is 5.17. The molecule has 0 spiro atoms. The number of carbonyl (C=O) groups is 3. The molecule has 1 saturated heterocycles. The molecule has 36 heavy (non-hydrogen) atoms. The number of carboxylic acids is 1. The lowest BCUT2D eigenvalue weighted by atomic mass is 9.78. The molecule has 1 aliphatic heterocycles. The van der Waals surface area contributed by atoms with Crippen molar-refractivity contribution in [1.82, 2.24) is 0 Å². The number of carboxylic acid groups (broad SMARTS) is 1. The van der Waals surface area contributed by atoms with E-state index in [-0.39, 0.29) is 41.8 Å². The number of hydrogen-bond acceptors (Lipinski definition) is 5. The van der Waals surface area contributed by atoms with Crippen molar-refractivity contribution >= 4 is 28.6 Å². The minimum atomic E-state index is -1.44. The van der Waals surface area contributed by atoms with Crippen LogP contribution in [-0.2, 0) is 29.9 Å². The highest BCUT2D eigenvalue weighted by atomic mass is 32.2. The van der Waals surface area contributed by atoms with Gasteiger partial charge in [-0.05, 0) is 25.2 Å². The van der Waals surface area contributed by atoms with Gasteiger partial charge in [-0.15, -0.1) is 0 Å². The Morgan fingerprint density at radius 1 is 0.944 bits per heavy atom. The van der Waals surface area contributed by atoms with E-state index in [2.05, 4.69) is 13.8 Å². The van der Waals surface area contributed by atoms with Crippen molar-refractivity contribution in [3.05, 3.63) is 0 Å². The average molecular weight is 530 g/mol. The lowest BCUT2D eigenvalue weighted by Gasteiger charge is -2.38. The molecule has 1 amide bonds. The average Bonchev–Trinajstić information content (AvgIpc) is 2.83. The summed E-state index contributed by atoms with van der Waals surface area (Å²) in [4.78, 5) is 35.4. The molecular formula is C28H51NO6S. The fourth-order valence-corrected chi connectivity index (χ4v) is 6.52. The fraction of sp³-hybridized carbons (Fsp3) is 0.893. The largest absolute Gasteiger partial charge is 0.481 e. The maximum Gasteiger partial charge on any atom is 0.313 e. The highest BCUT2D eigenvalue weighted by Gasteiger charge is 2.44. The zero-order valence-corrected chi connectivity index (χ0v) is 23.5. The number of primary amides is 1. The zero-order valence-electron chi connectivity index (χ0n) is 22.7. The minimum absolute atomic E-state index is 0.00649. The predicted molar refractivity (Wildman–Crippen MR) is 145 cm³/mol. The molecule has 5 atom stereocenters. The van der Waals surface area contributed by atoms with Crippen LogP contribution in [0.15, 0.2) is 0 Å². The highest BCUT2D eigenvalue weighted by molar-refractivity contribution is 7.85. The molecule has 0 saturated carbocycles. The Morgan fingerprint density at radius 3 is 2.03 bits per heavy atom.